The number of anilines is 1. The summed E-state index contributed by atoms with van der Waals surface area (Å²) in [5.74, 6) is -0.451. The number of carbonyl (C=O) groups excluding carboxylic acids is 1. The number of thiophene rings is 2. The molecule has 1 aliphatic heterocycles. The highest BCUT2D eigenvalue weighted by molar-refractivity contribution is 7.10. The van der Waals surface area contributed by atoms with E-state index in [1.54, 1.807) is 22.7 Å². The third kappa shape index (κ3) is 2.95. The van der Waals surface area contributed by atoms with Gasteiger partial charge in [0.05, 0.1) is 12.6 Å². The Labute approximate surface area is 169 Å². The first-order chi connectivity index (χ1) is 13.4. The summed E-state index contributed by atoms with van der Waals surface area (Å²) in [6, 6.07) is 6.16. The molecule has 0 spiro atoms. The van der Waals surface area contributed by atoms with Crippen molar-refractivity contribution in [1.29, 1.82) is 0 Å². The van der Waals surface area contributed by atoms with E-state index in [2.05, 4.69) is 22.4 Å². The van der Waals surface area contributed by atoms with Crippen LogP contribution in [0.2, 0.25) is 0 Å². The fourth-order valence-corrected chi connectivity index (χ4v) is 5.48. The second-order valence-corrected chi connectivity index (χ2v) is 8.81. The van der Waals surface area contributed by atoms with Gasteiger partial charge in [0.2, 0.25) is 0 Å². The Kier molecular flexibility index (Phi) is 4.82. The molecule has 0 aromatic carbocycles. The molecular formula is C19H20N4O3S2. The predicted molar refractivity (Wildman–Crippen MR) is 111 cm³/mol. The molecule has 3 aromatic rings. The summed E-state index contributed by atoms with van der Waals surface area (Å²) in [7, 11) is 2.81. The van der Waals surface area contributed by atoms with Crippen molar-refractivity contribution in [3.8, 4) is 0 Å². The van der Waals surface area contributed by atoms with Gasteiger partial charge in [-0.25, -0.2) is 4.79 Å². The van der Waals surface area contributed by atoms with E-state index in [1.807, 2.05) is 11.4 Å². The highest BCUT2D eigenvalue weighted by Crippen LogP contribution is 2.39. The number of fused-ring (bicyclic) bond motifs is 1. The second-order valence-electron chi connectivity index (χ2n) is 6.83. The highest BCUT2D eigenvalue weighted by Gasteiger charge is 2.33. The molecule has 4 heterocycles. The Morgan fingerprint density at radius 1 is 1.18 bits per heavy atom. The first-order valence-electron chi connectivity index (χ1n) is 8.82. The lowest BCUT2D eigenvalue weighted by Crippen LogP contribution is -2.44. The van der Waals surface area contributed by atoms with E-state index in [9.17, 15) is 14.4 Å². The van der Waals surface area contributed by atoms with Crippen LogP contribution in [0.5, 0.6) is 0 Å². The molecule has 0 saturated heterocycles. The molecule has 28 heavy (non-hydrogen) atoms. The van der Waals surface area contributed by atoms with Gasteiger partial charge in [0.1, 0.15) is 11.4 Å². The minimum absolute atomic E-state index is 0.0171. The zero-order chi connectivity index (χ0) is 20.0. The van der Waals surface area contributed by atoms with Crippen LogP contribution in [0.3, 0.4) is 0 Å². The number of rotatable bonds is 4. The maximum absolute atomic E-state index is 13.1. The summed E-state index contributed by atoms with van der Waals surface area (Å²) in [5.41, 5.74) is 5.87. The SMILES string of the molecule is Cn1c(N)c(C(=O)CN2CCc3sccc3C2c2cccs2)c(=O)n(C)c1=O. The van der Waals surface area contributed by atoms with Gasteiger partial charge in [0.25, 0.3) is 5.56 Å². The molecule has 3 aromatic heterocycles. The Hall–Kier alpha value is -2.49. The maximum Gasteiger partial charge on any atom is 0.332 e. The highest BCUT2D eigenvalue weighted by atomic mass is 32.1. The van der Waals surface area contributed by atoms with Gasteiger partial charge in [0.15, 0.2) is 5.78 Å². The summed E-state index contributed by atoms with van der Waals surface area (Å²) in [4.78, 5) is 42.2. The lowest BCUT2D eigenvalue weighted by Gasteiger charge is -2.35. The smallest absolute Gasteiger partial charge is 0.332 e. The average molecular weight is 417 g/mol. The van der Waals surface area contributed by atoms with Gasteiger partial charge in [-0.15, -0.1) is 22.7 Å². The van der Waals surface area contributed by atoms with Crippen molar-refractivity contribution in [1.82, 2.24) is 14.0 Å². The monoisotopic (exact) mass is 416 g/mol. The van der Waals surface area contributed by atoms with Crippen LogP contribution in [0, 0.1) is 0 Å². The molecule has 0 radical (unpaired) electrons. The Balaban J connectivity index is 1.72. The van der Waals surface area contributed by atoms with Crippen molar-refractivity contribution < 1.29 is 4.79 Å². The summed E-state index contributed by atoms with van der Waals surface area (Å²) in [5, 5.41) is 4.11. The molecule has 0 amide bonds. The van der Waals surface area contributed by atoms with Crippen LogP contribution in [-0.4, -0.2) is 32.9 Å². The van der Waals surface area contributed by atoms with Gasteiger partial charge < -0.3 is 5.73 Å². The minimum Gasteiger partial charge on any atom is -0.384 e. The molecule has 1 aliphatic rings. The number of nitrogen functional groups attached to an aromatic ring is 1. The van der Waals surface area contributed by atoms with Gasteiger partial charge in [-0.3, -0.25) is 23.6 Å². The quantitative estimate of drug-likeness (QED) is 0.653. The fourth-order valence-electron chi connectivity index (χ4n) is 3.70. The normalized spacial score (nSPS) is 16.9. The van der Waals surface area contributed by atoms with Gasteiger partial charge in [-0.05, 0) is 34.9 Å². The molecule has 7 nitrogen and oxygen atoms in total. The maximum atomic E-state index is 13.1. The Morgan fingerprint density at radius 3 is 2.68 bits per heavy atom. The standard InChI is InChI=1S/C19H20N4O3S2/c1-21-17(20)15(18(25)22(2)19(21)26)12(24)10-23-7-5-13-11(6-9-28-13)16(23)14-4-3-8-27-14/h3-4,6,8-9,16H,5,7,10,20H2,1-2H3. The summed E-state index contributed by atoms with van der Waals surface area (Å²) in [6.45, 7) is 0.781. The summed E-state index contributed by atoms with van der Waals surface area (Å²) in [6.07, 6.45) is 0.864. The van der Waals surface area contributed by atoms with Crippen LogP contribution in [0.4, 0.5) is 5.82 Å². The van der Waals surface area contributed by atoms with E-state index < -0.39 is 11.2 Å². The van der Waals surface area contributed by atoms with E-state index in [1.165, 1.54) is 24.5 Å². The number of hydrogen-bond acceptors (Lipinski definition) is 7. The zero-order valence-electron chi connectivity index (χ0n) is 15.5. The number of carbonyl (C=O) groups is 1. The number of ketones is 1. The van der Waals surface area contributed by atoms with E-state index >= 15 is 0 Å². The van der Waals surface area contributed by atoms with Gasteiger partial charge in [0, 0.05) is 30.4 Å². The molecule has 0 bridgehead atoms. The van der Waals surface area contributed by atoms with E-state index in [-0.39, 0.29) is 29.8 Å². The third-order valence-corrected chi connectivity index (χ3v) is 7.14. The lowest BCUT2D eigenvalue weighted by molar-refractivity contribution is 0.0901. The third-order valence-electron chi connectivity index (χ3n) is 5.21. The van der Waals surface area contributed by atoms with Crippen LogP contribution in [0.1, 0.15) is 31.7 Å². The van der Waals surface area contributed by atoms with Crippen molar-refractivity contribution in [3.05, 3.63) is 70.7 Å². The second kappa shape index (κ2) is 7.16. The van der Waals surface area contributed by atoms with Crippen molar-refractivity contribution in [2.45, 2.75) is 12.5 Å². The van der Waals surface area contributed by atoms with Crippen LogP contribution in [0.25, 0.3) is 0 Å². The molecule has 146 valence electrons. The molecule has 4 rings (SSSR count). The summed E-state index contributed by atoms with van der Waals surface area (Å²) < 4.78 is 2.06. The summed E-state index contributed by atoms with van der Waals surface area (Å²) >= 11 is 3.39. The predicted octanol–water partition coefficient (Wildman–Crippen LogP) is 1.62. The van der Waals surface area contributed by atoms with Crippen molar-refractivity contribution in [2.24, 2.45) is 14.1 Å². The number of Topliss-reactive ketones (excluding diaryl/α,β-unsaturated/α-hetero) is 1. The molecular weight excluding hydrogens is 396 g/mol. The first-order valence-corrected chi connectivity index (χ1v) is 10.6. The Bertz CT molecular complexity index is 1160. The van der Waals surface area contributed by atoms with Gasteiger partial charge in [-0.2, -0.15) is 0 Å². The van der Waals surface area contributed by atoms with E-state index in [0.717, 1.165) is 20.4 Å². The van der Waals surface area contributed by atoms with Crippen LogP contribution >= 0.6 is 22.7 Å². The largest absolute Gasteiger partial charge is 0.384 e. The lowest BCUT2D eigenvalue weighted by atomic mass is 9.97. The number of nitrogens with zero attached hydrogens (tertiary/aromatic N) is 3. The molecule has 0 fully saturated rings. The van der Waals surface area contributed by atoms with Crippen molar-refractivity contribution >= 4 is 34.3 Å². The fraction of sp³-hybridized carbons (Fsp3) is 0.316. The van der Waals surface area contributed by atoms with Crippen LogP contribution in [-0.2, 0) is 20.5 Å². The minimum atomic E-state index is -0.647. The van der Waals surface area contributed by atoms with E-state index in [4.69, 9.17) is 5.73 Å². The number of hydrogen-bond donors (Lipinski definition) is 1. The van der Waals surface area contributed by atoms with Gasteiger partial charge >= 0.3 is 5.69 Å². The van der Waals surface area contributed by atoms with E-state index in [0.29, 0.717) is 6.54 Å². The molecule has 0 saturated carbocycles. The molecule has 0 aliphatic carbocycles. The topological polar surface area (TPSA) is 90.3 Å². The zero-order valence-corrected chi connectivity index (χ0v) is 17.2. The molecule has 1 atom stereocenters. The van der Waals surface area contributed by atoms with Crippen molar-refractivity contribution in [2.75, 3.05) is 18.8 Å². The molecule has 2 N–H and O–H groups in total. The number of nitrogens with two attached hydrogens (primary N) is 1. The molecule has 1 unspecified atom stereocenters. The average Bonchev–Trinajstić information content (AvgIpc) is 3.36. The molecule has 9 heteroatoms. The first kappa shape index (κ1) is 18.9. The van der Waals surface area contributed by atoms with Crippen LogP contribution < -0.4 is 17.0 Å². The van der Waals surface area contributed by atoms with Crippen molar-refractivity contribution in [3.63, 3.8) is 0 Å². The number of aromatic nitrogens is 2. The van der Waals surface area contributed by atoms with Gasteiger partial charge in [-0.1, -0.05) is 6.07 Å². The Morgan fingerprint density at radius 2 is 1.96 bits per heavy atom. The van der Waals surface area contributed by atoms with Crippen LogP contribution in [0.15, 0.2) is 38.5 Å².